The fourth-order valence-electron chi connectivity index (χ4n) is 1.19. The predicted molar refractivity (Wildman–Crippen MR) is 50.4 cm³/mol. The molecule has 0 spiro atoms. The lowest BCUT2D eigenvalue weighted by molar-refractivity contribution is -0.130. The Morgan fingerprint density at radius 2 is 2.21 bits per heavy atom. The largest absolute Gasteiger partial charge is 0.460 e. The van der Waals surface area contributed by atoms with Crippen molar-refractivity contribution in [1.29, 1.82) is 0 Å². The van der Waals surface area contributed by atoms with Crippen molar-refractivity contribution in [3.05, 3.63) is 36.3 Å². The van der Waals surface area contributed by atoms with Gasteiger partial charge in [0.2, 0.25) is 0 Å². The first-order valence-electron chi connectivity index (χ1n) is 4.16. The number of carbonyl (C=O) groups excluding carboxylic acids is 1. The summed E-state index contributed by atoms with van der Waals surface area (Å²) in [4.78, 5) is 18.2. The number of benzene rings is 1. The minimum absolute atomic E-state index is 0.119. The molecule has 0 fully saturated rings. The molecule has 1 aromatic carbocycles. The highest BCUT2D eigenvalue weighted by Gasteiger charge is 1.98. The molecule has 0 aliphatic heterocycles. The summed E-state index contributed by atoms with van der Waals surface area (Å²) < 4.78 is 4.56. The SMILES string of the molecule is O=COCc1ncc2ccccc2n1. The monoisotopic (exact) mass is 188 g/mol. The average molecular weight is 188 g/mol. The van der Waals surface area contributed by atoms with E-state index < -0.39 is 0 Å². The quantitative estimate of drug-likeness (QED) is 0.681. The van der Waals surface area contributed by atoms with Crippen molar-refractivity contribution in [3.63, 3.8) is 0 Å². The van der Waals surface area contributed by atoms with Gasteiger partial charge in [0.1, 0.15) is 0 Å². The Morgan fingerprint density at radius 1 is 1.36 bits per heavy atom. The Labute approximate surface area is 80.6 Å². The summed E-state index contributed by atoms with van der Waals surface area (Å²) in [5.74, 6) is 0.510. The van der Waals surface area contributed by atoms with Gasteiger partial charge in [0.05, 0.1) is 5.52 Å². The summed E-state index contributed by atoms with van der Waals surface area (Å²) >= 11 is 0. The first-order chi connectivity index (χ1) is 6.90. The van der Waals surface area contributed by atoms with Gasteiger partial charge in [-0.15, -0.1) is 0 Å². The summed E-state index contributed by atoms with van der Waals surface area (Å²) in [7, 11) is 0. The van der Waals surface area contributed by atoms with Gasteiger partial charge >= 0.3 is 0 Å². The number of fused-ring (bicyclic) bond motifs is 1. The summed E-state index contributed by atoms with van der Waals surface area (Å²) in [6, 6.07) is 7.65. The molecular weight excluding hydrogens is 180 g/mol. The van der Waals surface area contributed by atoms with E-state index in [1.54, 1.807) is 6.20 Å². The Morgan fingerprint density at radius 3 is 3.07 bits per heavy atom. The van der Waals surface area contributed by atoms with Gasteiger partial charge < -0.3 is 4.74 Å². The van der Waals surface area contributed by atoms with Gasteiger partial charge in [-0.05, 0) is 6.07 Å². The van der Waals surface area contributed by atoms with E-state index in [-0.39, 0.29) is 6.61 Å². The normalized spacial score (nSPS) is 10.0. The topological polar surface area (TPSA) is 52.1 Å². The number of rotatable bonds is 3. The number of ether oxygens (including phenoxy) is 1. The van der Waals surface area contributed by atoms with Gasteiger partial charge in [-0.2, -0.15) is 0 Å². The van der Waals surface area contributed by atoms with Crippen LogP contribution in [0, 0.1) is 0 Å². The lowest BCUT2D eigenvalue weighted by Gasteiger charge is -1.99. The number of nitrogens with zero attached hydrogens (tertiary/aromatic N) is 2. The Balaban J connectivity index is 2.36. The number of carbonyl (C=O) groups is 1. The van der Waals surface area contributed by atoms with Gasteiger partial charge in [0.15, 0.2) is 12.4 Å². The van der Waals surface area contributed by atoms with Crippen molar-refractivity contribution in [3.8, 4) is 0 Å². The third-order valence-corrected chi connectivity index (χ3v) is 1.82. The zero-order valence-corrected chi connectivity index (χ0v) is 7.38. The van der Waals surface area contributed by atoms with Gasteiger partial charge in [-0.1, -0.05) is 18.2 Å². The van der Waals surface area contributed by atoms with Crippen LogP contribution in [0.1, 0.15) is 5.82 Å². The van der Waals surface area contributed by atoms with Crippen LogP contribution < -0.4 is 0 Å². The smallest absolute Gasteiger partial charge is 0.293 e. The minimum Gasteiger partial charge on any atom is -0.460 e. The molecule has 0 aliphatic rings. The van der Waals surface area contributed by atoms with Gasteiger partial charge in [-0.3, -0.25) is 4.79 Å². The molecule has 0 aliphatic carbocycles. The molecule has 2 aromatic rings. The van der Waals surface area contributed by atoms with Crippen molar-refractivity contribution in [2.24, 2.45) is 0 Å². The highest BCUT2D eigenvalue weighted by molar-refractivity contribution is 5.77. The van der Waals surface area contributed by atoms with Crippen LogP contribution in [0.25, 0.3) is 10.9 Å². The van der Waals surface area contributed by atoms with E-state index in [0.29, 0.717) is 12.3 Å². The maximum Gasteiger partial charge on any atom is 0.293 e. The molecule has 0 bridgehead atoms. The molecule has 0 atom stereocenters. The molecule has 1 heterocycles. The Hall–Kier alpha value is -1.97. The van der Waals surface area contributed by atoms with Crippen LogP contribution in [0.2, 0.25) is 0 Å². The van der Waals surface area contributed by atoms with E-state index in [1.807, 2.05) is 24.3 Å². The predicted octanol–water partition coefficient (Wildman–Crippen LogP) is 1.30. The second-order valence-electron chi connectivity index (χ2n) is 2.75. The minimum atomic E-state index is 0.119. The van der Waals surface area contributed by atoms with E-state index in [0.717, 1.165) is 10.9 Å². The molecule has 1 aromatic heterocycles. The molecule has 14 heavy (non-hydrogen) atoms. The third-order valence-electron chi connectivity index (χ3n) is 1.82. The van der Waals surface area contributed by atoms with Crippen LogP contribution in [0.4, 0.5) is 0 Å². The standard InChI is InChI=1S/C10H8N2O2/c13-7-14-6-10-11-5-8-3-1-2-4-9(8)12-10/h1-5,7H,6H2. The number of hydrogen-bond donors (Lipinski definition) is 0. The Bertz CT molecular complexity index is 457. The highest BCUT2D eigenvalue weighted by atomic mass is 16.5. The van der Waals surface area contributed by atoms with Crippen molar-refractivity contribution in [2.75, 3.05) is 0 Å². The van der Waals surface area contributed by atoms with Crippen molar-refractivity contribution in [1.82, 2.24) is 9.97 Å². The summed E-state index contributed by atoms with van der Waals surface area (Å²) in [5, 5.41) is 0.974. The van der Waals surface area contributed by atoms with Crippen LogP contribution in [0.5, 0.6) is 0 Å². The third kappa shape index (κ3) is 1.69. The zero-order chi connectivity index (χ0) is 9.80. The molecule has 4 nitrogen and oxygen atoms in total. The highest BCUT2D eigenvalue weighted by Crippen LogP contribution is 2.09. The van der Waals surface area contributed by atoms with E-state index >= 15 is 0 Å². The Kier molecular flexibility index (Phi) is 2.36. The molecule has 70 valence electrons. The lowest BCUT2D eigenvalue weighted by Crippen LogP contribution is -1.97. The van der Waals surface area contributed by atoms with Crippen molar-refractivity contribution < 1.29 is 9.53 Å². The molecule has 2 rings (SSSR count). The van der Waals surface area contributed by atoms with E-state index in [4.69, 9.17) is 0 Å². The van der Waals surface area contributed by atoms with E-state index in [9.17, 15) is 4.79 Å². The van der Waals surface area contributed by atoms with Gasteiger partial charge in [-0.25, -0.2) is 9.97 Å². The second-order valence-corrected chi connectivity index (χ2v) is 2.75. The number of para-hydroxylation sites is 1. The zero-order valence-electron chi connectivity index (χ0n) is 7.38. The maximum atomic E-state index is 9.96. The molecule has 0 N–H and O–H groups in total. The molecular formula is C10H8N2O2. The first-order valence-corrected chi connectivity index (χ1v) is 4.16. The lowest BCUT2D eigenvalue weighted by atomic mass is 10.2. The van der Waals surface area contributed by atoms with Crippen molar-refractivity contribution >= 4 is 17.4 Å². The summed E-state index contributed by atoms with van der Waals surface area (Å²) in [5.41, 5.74) is 0.854. The van der Waals surface area contributed by atoms with Gasteiger partial charge in [0, 0.05) is 11.6 Å². The van der Waals surface area contributed by atoms with Crippen LogP contribution >= 0.6 is 0 Å². The van der Waals surface area contributed by atoms with Crippen molar-refractivity contribution in [2.45, 2.75) is 6.61 Å². The molecule has 0 saturated carbocycles. The van der Waals surface area contributed by atoms with E-state index in [1.165, 1.54) is 0 Å². The van der Waals surface area contributed by atoms with E-state index in [2.05, 4.69) is 14.7 Å². The van der Waals surface area contributed by atoms with Gasteiger partial charge in [0.25, 0.3) is 6.47 Å². The average Bonchev–Trinajstić information content (AvgIpc) is 2.26. The summed E-state index contributed by atoms with van der Waals surface area (Å²) in [6.07, 6.45) is 1.71. The molecule has 0 radical (unpaired) electrons. The summed E-state index contributed by atoms with van der Waals surface area (Å²) in [6.45, 7) is 0.507. The number of hydrogen-bond acceptors (Lipinski definition) is 4. The second kappa shape index (κ2) is 3.83. The van der Waals surface area contributed by atoms with Crippen LogP contribution in [-0.4, -0.2) is 16.4 Å². The van der Waals surface area contributed by atoms with Crippen LogP contribution in [0.15, 0.2) is 30.5 Å². The van der Waals surface area contributed by atoms with Crippen LogP contribution in [-0.2, 0) is 16.1 Å². The molecule has 0 unspecified atom stereocenters. The fraction of sp³-hybridized carbons (Fsp3) is 0.100. The molecule has 0 saturated heterocycles. The maximum absolute atomic E-state index is 9.96. The molecule has 4 heteroatoms. The number of aromatic nitrogens is 2. The first kappa shape index (κ1) is 8.62. The van der Waals surface area contributed by atoms with Crippen LogP contribution in [0.3, 0.4) is 0 Å². The fourth-order valence-corrected chi connectivity index (χ4v) is 1.19. The molecule has 0 amide bonds.